The average molecular weight is 439 g/mol. The number of aromatic nitrogens is 3. The summed E-state index contributed by atoms with van der Waals surface area (Å²) in [6.45, 7) is 6.61. The van der Waals surface area contributed by atoms with Crippen LogP contribution in [-0.4, -0.2) is 61.2 Å². The highest BCUT2D eigenvalue weighted by molar-refractivity contribution is 5.83. The van der Waals surface area contributed by atoms with E-state index in [0.717, 1.165) is 63.8 Å². The Bertz CT molecular complexity index is 1160. The van der Waals surface area contributed by atoms with Crippen molar-refractivity contribution in [2.24, 2.45) is 0 Å². The van der Waals surface area contributed by atoms with Crippen LogP contribution in [0.15, 0.2) is 18.2 Å². The van der Waals surface area contributed by atoms with Crippen LogP contribution in [0.4, 0.5) is 5.82 Å². The number of anilines is 1. The largest absolute Gasteiger partial charge is 0.497 e. The van der Waals surface area contributed by atoms with Crippen LogP contribution in [0.25, 0.3) is 16.8 Å². The van der Waals surface area contributed by atoms with Gasteiger partial charge < -0.3 is 23.8 Å². The van der Waals surface area contributed by atoms with Crippen molar-refractivity contribution in [3.05, 3.63) is 40.7 Å². The Kier molecular flexibility index (Phi) is 5.53. The molecule has 0 spiro atoms. The number of aryl methyl sites for hydroxylation is 2. The first-order chi connectivity index (χ1) is 15.5. The van der Waals surface area contributed by atoms with Crippen molar-refractivity contribution >= 4 is 11.5 Å². The molecule has 4 heterocycles. The molecular formula is C24H30N4O4. The second-order valence-corrected chi connectivity index (χ2v) is 8.59. The zero-order valence-electron chi connectivity index (χ0n) is 19.3. The summed E-state index contributed by atoms with van der Waals surface area (Å²) >= 11 is 0. The lowest BCUT2D eigenvalue weighted by Gasteiger charge is -2.28. The van der Waals surface area contributed by atoms with Gasteiger partial charge in [0.2, 0.25) is 0 Å². The smallest absolute Gasteiger partial charge is 0.165 e. The number of hydrogen-bond donors (Lipinski definition) is 0. The van der Waals surface area contributed by atoms with Crippen LogP contribution < -0.4 is 9.64 Å². The highest BCUT2D eigenvalue weighted by Crippen LogP contribution is 2.39. The second-order valence-electron chi connectivity index (χ2n) is 8.59. The van der Waals surface area contributed by atoms with Crippen LogP contribution in [-0.2, 0) is 27.4 Å². The van der Waals surface area contributed by atoms with Gasteiger partial charge in [0.25, 0.3) is 0 Å². The van der Waals surface area contributed by atoms with Gasteiger partial charge in [0.1, 0.15) is 11.6 Å². The van der Waals surface area contributed by atoms with Crippen molar-refractivity contribution in [1.29, 1.82) is 0 Å². The van der Waals surface area contributed by atoms with Gasteiger partial charge in [0.15, 0.2) is 5.65 Å². The van der Waals surface area contributed by atoms with Crippen molar-refractivity contribution in [2.75, 3.05) is 39.4 Å². The Hall–Kier alpha value is -2.68. The van der Waals surface area contributed by atoms with E-state index < -0.39 is 0 Å². The summed E-state index contributed by atoms with van der Waals surface area (Å²) in [4.78, 5) is 7.41. The summed E-state index contributed by atoms with van der Waals surface area (Å²) < 4.78 is 24.5. The van der Waals surface area contributed by atoms with E-state index in [9.17, 15) is 0 Å². The normalized spacial score (nSPS) is 20.3. The minimum absolute atomic E-state index is 0.149. The standard InChI is InChI=1S/C24H30N4O4/c1-14-8-17(30-4)6-7-19(14)22-15(2)26-28-23(22)25-21-13-32-12-20(21)24(28)27-10-18(31-5)9-16(27)11-29-3/h6-8,16,18H,9-13H2,1-5H3/t16-,18+/m0/s1. The van der Waals surface area contributed by atoms with Gasteiger partial charge in [0, 0.05) is 31.9 Å². The van der Waals surface area contributed by atoms with Crippen molar-refractivity contribution in [1.82, 2.24) is 14.6 Å². The van der Waals surface area contributed by atoms with Gasteiger partial charge in [-0.3, -0.25) is 0 Å². The molecule has 32 heavy (non-hydrogen) atoms. The molecule has 8 nitrogen and oxygen atoms in total. The van der Waals surface area contributed by atoms with Crippen LogP contribution in [0.1, 0.15) is 28.9 Å². The molecule has 1 fully saturated rings. The molecule has 2 aromatic heterocycles. The average Bonchev–Trinajstić information content (AvgIpc) is 3.49. The topological polar surface area (TPSA) is 70.4 Å². The van der Waals surface area contributed by atoms with E-state index in [0.29, 0.717) is 19.8 Å². The second kappa shape index (κ2) is 8.35. The monoisotopic (exact) mass is 438 g/mol. The van der Waals surface area contributed by atoms with E-state index in [1.54, 1.807) is 21.3 Å². The third-order valence-corrected chi connectivity index (χ3v) is 6.62. The Morgan fingerprint density at radius 1 is 1.16 bits per heavy atom. The Morgan fingerprint density at radius 3 is 2.72 bits per heavy atom. The predicted octanol–water partition coefficient (Wildman–Crippen LogP) is 3.29. The third-order valence-electron chi connectivity index (χ3n) is 6.62. The van der Waals surface area contributed by atoms with Crippen LogP contribution in [0.3, 0.4) is 0 Å². The SMILES string of the molecule is COC[C@@H]1C[C@@H](OC)CN1c1c2c(nc3c(-c4ccc(OC)cc4C)c(C)nn13)COC2. The maximum Gasteiger partial charge on any atom is 0.165 e. The van der Waals surface area contributed by atoms with Gasteiger partial charge in [-0.25, -0.2) is 4.98 Å². The lowest BCUT2D eigenvalue weighted by Crippen LogP contribution is -2.35. The fourth-order valence-corrected chi connectivity index (χ4v) is 5.04. The zero-order chi connectivity index (χ0) is 22.4. The van der Waals surface area contributed by atoms with Gasteiger partial charge in [-0.2, -0.15) is 9.61 Å². The molecule has 8 heteroatoms. The quantitative estimate of drug-likeness (QED) is 0.585. The van der Waals surface area contributed by atoms with E-state index in [1.165, 1.54) is 0 Å². The van der Waals surface area contributed by atoms with Gasteiger partial charge in [-0.15, -0.1) is 0 Å². The summed E-state index contributed by atoms with van der Waals surface area (Å²) in [7, 11) is 5.21. The van der Waals surface area contributed by atoms with Gasteiger partial charge >= 0.3 is 0 Å². The minimum atomic E-state index is 0.149. The first-order valence-corrected chi connectivity index (χ1v) is 11.0. The molecule has 1 saturated heterocycles. The Morgan fingerprint density at radius 2 is 2.00 bits per heavy atom. The summed E-state index contributed by atoms with van der Waals surface area (Å²) in [5.74, 6) is 1.89. The number of methoxy groups -OCH3 is 3. The molecule has 1 aromatic carbocycles. The highest BCUT2D eigenvalue weighted by atomic mass is 16.5. The molecule has 2 aliphatic rings. The lowest BCUT2D eigenvalue weighted by atomic mass is 10.0. The van der Waals surface area contributed by atoms with E-state index in [4.69, 9.17) is 29.0 Å². The maximum absolute atomic E-state index is 5.82. The molecule has 0 amide bonds. The number of benzene rings is 1. The van der Waals surface area contributed by atoms with Gasteiger partial charge in [-0.05, 0) is 43.5 Å². The van der Waals surface area contributed by atoms with Crippen molar-refractivity contribution in [2.45, 2.75) is 45.6 Å². The van der Waals surface area contributed by atoms with E-state index in [2.05, 4.69) is 17.9 Å². The van der Waals surface area contributed by atoms with Crippen molar-refractivity contribution < 1.29 is 18.9 Å². The summed E-state index contributed by atoms with van der Waals surface area (Å²) in [5.41, 5.74) is 7.18. The van der Waals surface area contributed by atoms with Crippen molar-refractivity contribution in [3.8, 4) is 16.9 Å². The summed E-state index contributed by atoms with van der Waals surface area (Å²) in [5, 5.41) is 4.98. The molecule has 0 unspecified atom stereocenters. The molecule has 0 bridgehead atoms. The van der Waals surface area contributed by atoms with Crippen LogP contribution in [0.5, 0.6) is 5.75 Å². The first-order valence-electron chi connectivity index (χ1n) is 11.0. The molecule has 5 rings (SSSR count). The fraction of sp³-hybridized carbons (Fsp3) is 0.500. The highest BCUT2D eigenvalue weighted by Gasteiger charge is 2.37. The molecule has 0 N–H and O–H groups in total. The molecule has 170 valence electrons. The molecule has 2 aliphatic heterocycles. The van der Waals surface area contributed by atoms with E-state index >= 15 is 0 Å². The lowest BCUT2D eigenvalue weighted by molar-refractivity contribution is 0.111. The minimum Gasteiger partial charge on any atom is -0.497 e. The predicted molar refractivity (Wildman–Crippen MR) is 121 cm³/mol. The Labute approximate surface area is 188 Å². The first kappa shape index (κ1) is 21.2. The third kappa shape index (κ3) is 3.34. The summed E-state index contributed by atoms with van der Waals surface area (Å²) in [6.07, 6.45) is 1.06. The molecule has 3 aromatic rings. The fourth-order valence-electron chi connectivity index (χ4n) is 5.04. The van der Waals surface area contributed by atoms with Gasteiger partial charge in [-0.1, -0.05) is 6.07 Å². The van der Waals surface area contributed by atoms with Crippen LogP contribution >= 0.6 is 0 Å². The van der Waals surface area contributed by atoms with Crippen LogP contribution in [0, 0.1) is 13.8 Å². The van der Waals surface area contributed by atoms with E-state index in [1.807, 2.05) is 23.6 Å². The number of rotatable bonds is 6. The molecule has 0 saturated carbocycles. The van der Waals surface area contributed by atoms with E-state index in [-0.39, 0.29) is 12.1 Å². The molecule has 2 atom stereocenters. The number of nitrogens with zero attached hydrogens (tertiary/aromatic N) is 4. The number of hydrogen-bond acceptors (Lipinski definition) is 7. The number of ether oxygens (including phenoxy) is 4. The van der Waals surface area contributed by atoms with Gasteiger partial charge in [0.05, 0.1) is 50.5 Å². The molecule has 0 aliphatic carbocycles. The van der Waals surface area contributed by atoms with Crippen LogP contribution in [0.2, 0.25) is 0 Å². The zero-order valence-corrected chi connectivity index (χ0v) is 19.3. The van der Waals surface area contributed by atoms with Crippen molar-refractivity contribution in [3.63, 3.8) is 0 Å². The summed E-state index contributed by atoms with van der Waals surface area (Å²) in [6, 6.07) is 6.33. The maximum atomic E-state index is 5.82. The molecular weight excluding hydrogens is 408 g/mol. The number of fused-ring (bicyclic) bond motifs is 2. The molecule has 0 radical (unpaired) electrons. The Balaban J connectivity index is 1.72.